The quantitative estimate of drug-likeness (QED) is 0.387. The molecule has 0 amide bonds. The Morgan fingerprint density at radius 3 is 2.86 bits per heavy atom. The average molecular weight is 192 g/mol. The third-order valence-electron chi connectivity index (χ3n) is 1.50. The Morgan fingerprint density at radius 1 is 1.57 bits per heavy atom. The minimum atomic E-state index is -0.597. The first-order valence-corrected chi connectivity index (χ1v) is 3.81. The van der Waals surface area contributed by atoms with Crippen LogP contribution in [0.3, 0.4) is 0 Å². The molecule has 0 aliphatic carbocycles. The summed E-state index contributed by atoms with van der Waals surface area (Å²) in [7, 11) is 0. The monoisotopic (exact) mass is 192 g/mol. The van der Waals surface area contributed by atoms with E-state index in [9.17, 15) is 10.1 Å². The van der Waals surface area contributed by atoms with E-state index in [2.05, 4.69) is 11.8 Å². The fourth-order valence-corrected chi connectivity index (χ4v) is 0.923. The number of nitro benzene ring substituents is 1. The molecular weight excluding hydrogens is 184 g/mol. The van der Waals surface area contributed by atoms with E-state index in [0.29, 0.717) is 0 Å². The molecule has 0 fully saturated rings. The number of nitrogens with zero attached hydrogens (tertiary/aromatic N) is 1. The first-order chi connectivity index (χ1) is 6.65. The maximum atomic E-state index is 10.5. The molecule has 1 rings (SSSR count). The van der Waals surface area contributed by atoms with Crippen LogP contribution in [0.25, 0.3) is 0 Å². The zero-order valence-electron chi connectivity index (χ0n) is 7.23. The molecule has 0 saturated carbocycles. The number of phenolic OH excluding ortho intramolecular Hbond substituents is 1. The average Bonchev–Trinajstić information content (AvgIpc) is 2.15. The second-order valence-corrected chi connectivity index (χ2v) is 2.46. The van der Waals surface area contributed by atoms with Gasteiger partial charge in [-0.2, -0.15) is 0 Å². The summed E-state index contributed by atoms with van der Waals surface area (Å²) >= 11 is 0. The minimum absolute atomic E-state index is 0.137. The summed E-state index contributed by atoms with van der Waals surface area (Å²) in [6.07, 6.45) is 0. The number of nitrogens with two attached hydrogens (primary N) is 1. The minimum Gasteiger partial charge on any atom is -0.508 e. The number of hydrogen-bond donors (Lipinski definition) is 2. The second kappa shape index (κ2) is 4.25. The van der Waals surface area contributed by atoms with E-state index in [1.54, 1.807) is 0 Å². The van der Waals surface area contributed by atoms with Crippen molar-refractivity contribution in [2.45, 2.75) is 0 Å². The molecule has 0 aliphatic heterocycles. The zero-order chi connectivity index (χ0) is 10.6. The predicted octanol–water partition coefficient (Wildman–Crippen LogP) is 0.611. The van der Waals surface area contributed by atoms with Crippen molar-refractivity contribution in [1.82, 2.24) is 0 Å². The molecule has 0 radical (unpaired) electrons. The van der Waals surface area contributed by atoms with Crippen LogP contribution in [0.2, 0.25) is 0 Å². The van der Waals surface area contributed by atoms with Gasteiger partial charge in [-0.05, 0) is 12.1 Å². The highest BCUT2D eigenvalue weighted by Gasteiger charge is 2.12. The Labute approximate surface area is 80.3 Å². The molecule has 1 aromatic carbocycles. The topological polar surface area (TPSA) is 89.4 Å². The first kappa shape index (κ1) is 10.0. The van der Waals surface area contributed by atoms with E-state index < -0.39 is 4.92 Å². The smallest absolute Gasteiger partial charge is 0.288 e. The highest BCUT2D eigenvalue weighted by atomic mass is 16.6. The van der Waals surface area contributed by atoms with Gasteiger partial charge in [0.1, 0.15) is 11.3 Å². The molecular formula is C9H8N2O3. The molecule has 0 heterocycles. The van der Waals surface area contributed by atoms with Crippen LogP contribution in [0.1, 0.15) is 5.56 Å². The Balaban J connectivity index is 3.22. The van der Waals surface area contributed by atoms with Crippen molar-refractivity contribution < 1.29 is 10.0 Å². The van der Waals surface area contributed by atoms with Gasteiger partial charge in [0, 0.05) is 0 Å². The molecule has 0 saturated heterocycles. The Kier molecular flexibility index (Phi) is 3.05. The molecule has 1 aromatic rings. The highest BCUT2D eigenvalue weighted by Crippen LogP contribution is 2.22. The molecule has 5 nitrogen and oxygen atoms in total. The lowest BCUT2D eigenvalue weighted by Crippen LogP contribution is -1.95. The lowest BCUT2D eigenvalue weighted by atomic mass is 10.2. The van der Waals surface area contributed by atoms with E-state index in [0.717, 1.165) is 6.07 Å². The van der Waals surface area contributed by atoms with Crippen molar-refractivity contribution >= 4 is 5.69 Å². The number of aromatic hydroxyl groups is 1. The molecule has 0 aliphatic rings. The van der Waals surface area contributed by atoms with Crippen LogP contribution in [0.5, 0.6) is 5.75 Å². The summed E-state index contributed by atoms with van der Waals surface area (Å²) in [5.41, 5.74) is 5.17. The molecule has 0 aromatic heterocycles. The lowest BCUT2D eigenvalue weighted by molar-refractivity contribution is -0.385. The van der Waals surface area contributed by atoms with E-state index in [4.69, 9.17) is 10.8 Å². The van der Waals surface area contributed by atoms with E-state index in [-0.39, 0.29) is 23.5 Å². The Bertz CT molecular complexity index is 418. The van der Waals surface area contributed by atoms with Crippen molar-refractivity contribution in [1.29, 1.82) is 0 Å². The third kappa shape index (κ3) is 2.21. The van der Waals surface area contributed by atoms with Crippen molar-refractivity contribution in [2.24, 2.45) is 5.73 Å². The summed E-state index contributed by atoms with van der Waals surface area (Å²) in [4.78, 5) is 9.94. The van der Waals surface area contributed by atoms with Crippen molar-refractivity contribution in [3.05, 3.63) is 33.9 Å². The maximum Gasteiger partial charge on any atom is 0.288 e. The molecule has 0 unspecified atom stereocenters. The van der Waals surface area contributed by atoms with Gasteiger partial charge in [-0.3, -0.25) is 10.1 Å². The predicted molar refractivity (Wildman–Crippen MR) is 50.7 cm³/mol. The molecule has 14 heavy (non-hydrogen) atoms. The largest absolute Gasteiger partial charge is 0.508 e. The summed E-state index contributed by atoms with van der Waals surface area (Å²) in [5, 5.41) is 19.6. The summed E-state index contributed by atoms with van der Waals surface area (Å²) in [5.74, 6) is 4.91. The lowest BCUT2D eigenvalue weighted by Gasteiger charge is -1.95. The van der Waals surface area contributed by atoms with Crippen LogP contribution in [0.15, 0.2) is 18.2 Å². The van der Waals surface area contributed by atoms with Gasteiger partial charge in [-0.25, -0.2) is 0 Å². The normalized spacial score (nSPS) is 8.93. The van der Waals surface area contributed by atoms with Crippen molar-refractivity contribution in [3.8, 4) is 17.6 Å². The van der Waals surface area contributed by atoms with Crippen LogP contribution in [0, 0.1) is 22.0 Å². The molecule has 5 heteroatoms. The SMILES string of the molecule is NCC#Cc1ccc(O)cc1[N+](=O)[O-]. The summed E-state index contributed by atoms with van der Waals surface area (Å²) in [6, 6.07) is 3.78. The van der Waals surface area contributed by atoms with Gasteiger partial charge in [0.25, 0.3) is 5.69 Å². The first-order valence-electron chi connectivity index (χ1n) is 3.81. The maximum absolute atomic E-state index is 10.5. The van der Waals surface area contributed by atoms with Gasteiger partial charge in [0.15, 0.2) is 0 Å². The van der Waals surface area contributed by atoms with E-state index in [1.165, 1.54) is 12.1 Å². The van der Waals surface area contributed by atoms with Gasteiger partial charge >= 0.3 is 0 Å². The van der Waals surface area contributed by atoms with Gasteiger partial charge < -0.3 is 10.8 Å². The number of nitro groups is 1. The molecule has 72 valence electrons. The van der Waals surface area contributed by atoms with Gasteiger partial charge in [-0.15, -0.1) is 0 Å². The van der Waals surface area contributed by atoms with Crippen LogP contribution in [-0.2, 0) is 0 Å². The second-order valence-electron chi connectivity index (χ2n) is 2.46. The standard InChI is InChI=1S/C9H8N2O3/c10-5-1-2-7-3-4-8(12)6-9(7)11(13)14/h3-4,6,12H,5,10H2. The molecule has 0 atom stereocenters. The van der Waals surface area contributed by atoms with Gasteiger partial charge in [0.2, 0.25) is 0 Å². The van der Waals surface area contributed by atoms with Crippen LogP contribution in [-0.4, -0.2) is 16.6 Å². The Hall–Kier alpha value is -2.06. The van der Waals surface area contributed by atoms with Crippen LogP contribution in [0.4, 0.5) is 5.69 Å². The molecule has 3 N–H and O–H groups in total. The fourth-order valence-electron chi connectivity index (χ4n) is 0.923. The number of hydrogen-bond acceptors (Lipinski definition) is 4. The summed E-state index contributed by atoms with van der Waals surface area (Å²) < 4.78 is 0. The van der Waals surface area contributed by atoms with Crippen molar-refractivity contribution in [2.75, 3.05) is 6.54 Å². The highest BCUT2D eigenvalue weighted by molar-refractivity contribution is 5.54. The summed E-state index contributed by atoms with van der Waals surface area (Å²) in [6.45, 7) is 0.137. The fraction of sp³-hybridized carbons (Fsp3) is 0.111. The van der Waals surface area contributed by atoms with E-state index >= 15 is 0 Å². The zero-order valence-corrected chi connectivity index (χ0v) is 7.23. The number of rotatable bonds is 1. The molecule has 0 spiro atoms. The van der Waals surface area contributed by atoms with E-state index in [1.807, 2.05) is 0 Å². The van der Waals surface area contributed by atoms with Crippen LogP contribution >= 0.6 is 0 Å². The Morgan fingerprint density at radius 2 is 2.29 bits per heavy atom. The van der Waals surface area contributed by atoms with Gasteiger partial charge in [-0.1, -0.05) is 11.8 Å². The van der Waals surface area contributed by atoms with Crippen LogP contribution < -0.4 is 5.73 Å². The third-order valence-corrected chi connectivity index (χ3v) is 1.50. The number of benzene rings is 1. The molecule has 0 bridgehead atoms. The van der Waals surface area contributed by atoms with Crippen molar-refractivity contribution in [3.63, 3.8) is 0 Å². The van der Waals surface area contributed by atoms with Gasteiger partial charge in [0.05, 0.1) is 17.5 Å². The number of phenols is 1.